The molecule has 0 aliphatic carbocycles. The first-order valence-corrected chi connectivity index (χ1v) is 10.9. The third-order valence-corrected chi connectivity index (χ3v) is 5.65. The molecule has 1 aromatic heterocycles. The number of ether oxygens (including phenoxy) is 2. The highest BCUT2D eigenvalue weighted by Gasteiger charge is 2.47. The highest BCUT2D eigenvalue weighted by Crippen LogP contribution is 2.45. The Labute approximate surface area is 190 Å². The highest BCUT2D eigenvalue weighted by molar-refractivity contribution is 5.93. The van der Waals surface area contributed by atoms with Crippen LogP contribution >= 0.6 is 0 Å². The van der Waals surface area contributed by atoms with Crippen LogP contribution in [0.3, 0.4) is 0 Å². The van der Waals surface area contributed by atoms with E-state index in [1.807, 2.05) is 13.8 Å². The van der Waals surface area contributed by atoms with Crippen molar-refractivity contribution in [2.24, 2.45) is 5.41 Å². The Bertz CT molecular complexity index is 1060. The molecule has 0 fully saturated rings. The summed E-state index contributed by atoms with van der Waals surface area (Å²) in [6, 6.07) is 3.96. The van der Waals surface area contributed by atoms with E-state index in [1.165, 1.54) is 6.07 Å². The van der Waals surface area contributed by atoms with Crippen LogP contribution in [0.2, 0.25) is 0 Å². The summed E-state index contributed by atoms with van der Waals surface area (Å²) < 4.78 is 53.4. The summed E-state index contributed by atoms with van der Waals surface area (Å²) in [6.45, 7) is 10.0. The van der Waals surface area contributed by atoms with Gasteiger partial charge in [-0.15, -0.1) is 0 Å². The lowest BCUT2D eigenvalue weighted by atomic mass is 9.82. The van der Waals surface area contributed by atoms with Gasteiger partial charge in [-0.1, -0.05) is 26.8 Å². The van der Waals surface area contributed by atoms with Crippen molar-refractivity contribution in [2.75, 3.05) is 12.1 Å². The molecule has 33 heavy (non-hydrogen) atoms. The van der Waals surface area contributed by atoms with E-state index < -0.39 is 29.7 Å². The summed E-state index contributed by atoms with van der Waals surface area (Å²) in [7, 11) is 0. The Morgan fingerprint density at radius 2 is 1.85 bits per heavy atom. The average molecular weight is 467 g/mol. The smallest absolute Gasteiger partial charge is 0.410 e. The maximum Gasteiger partial charge on any atom is 0.410 e. The molecule has 2 N–H and O–H groups in total. The molecule has 10 heteroatoms. The second kappa shape index (κ2) is 7.85. The summed E-state index contributed by atoms with van der Waals surface area (Å²) >= 11 is 0. The van der Waals surface area contributed by atoms with Gasteiger partial charge in [0, 0.05) is 18.0 Å². The van der Waals surface area contributed by atoms with E-state index in [2.05, 4.69) is 36.5 Å². The fourth-order valence-corrected chi connectivity index (χ4v) is 4.77. The lowest BCUT2D eigenvalue weighted by Gasteiger charge is -2.33. The quantitative estimate of drug-likeness (QED) is 0.646. The molecule has 2 atom stereocenters. The van der Waals surface area contributed by atoms with E-state index in [0.717, 1.165) is 4.68 Å². The van der Waals surface area contributed by atoms with Gasteiger partial charge in [0.1, 0.15) is 5.82 Å². The number of anilines is 1. The lowest BCUT2D eigenvalue weighted by molar-refractivity contribution is -0.173. The molecule has 2 aromatic rings. The zero-order chi connectivity index (χ0) is 24.2. The Hall–Kier alpha value is -2.91. The van der Waals surface area contributed by atoms with Gasteiger partial charge in [0.2, 0.25) is 6.79 Å². The van der Waals surface area contributed by atoms with Crippen LogP contribution in [0.4, 0.5) is 19.0 Å². The van der Waals surface area contributed by atoms with Gasteiger partial charge in [-0.2, -0.15) is 18.3 Å². The minimum Gasteiger partial charge on any atom is -0.454 e. The first kappa shape index (κ1) is 23.3. The van der Waals surface area contributed by atoms with Gasteiger partial charge in [-0.05, 0) is 43.4 Å². The fraction of sp³-hybridized carbons (Fsp3) is 0.565. The largest absolute Gasteiger partial charge is 0.454 e. The second-order valence-electron chi connectivity index (χ2n) is 10.5. The third kappa shape index (κ3) is 5.04. The summed E-state index contributed by atoms with van der Waals surface area (Å²) in [5.74, 6) is 0.695. The Morgan fingerprint density at radius 3 is 2.52 bits per heavy atom. The topological polar surface area (TPSA) is 77.4 Å². The first-order chi connectivity index (χ1) is 15.2. The Kier molecular flexibility index (Phi) is 5.53. The lowest BCUT2D eigenvalue weighted by Crippen LogP contribution is -2.46. The molecule has 1 aromatic carbocycles. The summed E-state index contributed by atoms with van der Waals surface area (Å²) in [6.07, 6.45) is -4.11. The maximum absolute atomic E-state index is 14.0. The van der Waals surface area contributed by atoms with Crippen LogP contribution in [-0.2, 0) is 0 Å². The molecule has 3 heterocycles. The summed E-state index contributed by atoms with van der Waals surface area (Å²) in [4.78, 5) is 12.9. The maximum atomic E-state index is 14.0. The van der Waals surface area contributed by atoms with Gasteiger partial charge < -0.3 is 20.1 Å². The number of halogens is 3. The molecule has 2 aliphatic rings. The molecule has 4 rings (SSSR count). The van der Waals surface area contributed by atoms with Crippen molar-refractivity contribution >= 4 is 11.7 Å². The summed E-state index contributed by atoms with van der Waals surface area (Å²) in [5, 5.41) is 10.1. The number of hydrogen-bond acceptors (Lipinski definition) is 5. The molecule has 0 bridgehead atoms. The molecule has 0 saturated heterocycles. The predicted octanol–water partition coefficient (Wildman–Crippen LogP) is 5.22. The normalized spacial score (nSPS) is 20.2. The predicted molar refractivity (Wildman–Crippen MR) is 116 cm³/mol. The molecule has 7 nitrogen and oxygen atoms in total. The molecular formula is C23H29F3N4O3. The van der Waals surface area contributed by atoms with Gasteiger partial charge in [-0.25, -0.2) is 4.68 Å². The van der Waals surface area contributed by atoms with Gasteiger partial charge >= 0.3 is 6.18 Å². The van der Waals surface area contributed by atoms with Crippen LogP contribution in [0.25, 0.3) is 0 Å². The van der Waals surface area contributed by atoms with Crippen LogP contribution < -0.4 is 20.1 Å². The third-order valence-electron chi connectivity index (χ3n) is 5.65. The van der Waals surface area contributed by atoms with Crippen molar-refractivity contribution in [3.63, 3.8) is 0 Å². The second-order valence-corrected chi connectivity index (χ2v) is 10.5. The molecular weight excluding hydrogens is 437 g/mol. The molecule has 0 saturated carbocycles. The Balaban J connectivity index is 1.61. The molecule has 2 aliphatic heterocycles. The number of alkyl halides is 3. The van der Waals surface area contributed by atoms with Crippen molar-refractivity contribution in [1.82, 2.24) is 15.1 Å². The van der Waals surface area contributed by atoms with Crippen molar-refractivity contribution < 1.29 is 27.4 Å². The first-order valence-electron chi connectivity index (χ1n) is 10.9. The zero-order valence-electron chi connectivity index (χ0n) is 19.3. The van der Waals surface area contributed by atoms with Crippen LogP contribution in [0, 0.1) is 5.41 Å². The number of hydrogen-bond donors (Lipinski definition) is 2. The number of rotatable bonds is 4. The van der Waals surface area contributed by atoms with E-state index in [4.69, 9.17) is 9.47 Å². The van der Waals surface area contributed by atoms with E-state index in [1.54, 1.807) is 18.2 Å². The monoisotopic (exact) mass is 466 g/mol. The van der Waals surface area contributed by atoms with Gasteiger partial charge in [0.05, 0.1) is 6.04 Å². The van der Waals surface area contributed by atoms with Crippen molar-refractivity contribution in [3.05, 3.63) is 35.5 Å². The number of nitrogens with zero attached hydrogens (tertiary/aromatic N) is 2. The number of benzene rings is 1. The number of carbonyl (C=O) groups is 1. The number of amides is 1. The van der Waals surface area contributed by atoms with Crippen LogP contribution in [0.1, 0.15) is 75.6 Å². The number of nitrogens with one attached hydrogen (secondary N) is 2. The molecule has 1 amide bonds. The standard InChI is InChI=1S/C23H29F3N4O3/c1-21(2,3)11-22(4,5)28-20(31)15-10-19-27-14(9-18(23(24,25)26)30(19)29-15)13-6-7-16-17(8-13)33-12-32-16/h6-8,10,14,18,27H,9,11-12H2,1-5H3,(H,28,31)/t14-,18-/m0/s1. The van der Waals surface area contributed by atoms with Crippen LogP contribution in [0.15, 0.2) is 24.3 Å². The van der Waals surface area contributed by atoms with E-state index in [-0.39, 0.29) is 30.1 Å². The fourth-order valence-electron chi connectivity index (χ4n) is 4.77. The van der Waals surface area contributed by atoms with Gasteiger partial charge in [-0.3, -0.25) is 4.79 Å². The number of fused-ring (bicyclic) bond motifs is 2. The molecule has 0 radical (unpaired) electrons. The summed E-state index contributed by atoms with van der Waals surface area (Å²) in [5.41, 5.74) is -0.00519. The van der Waals surface area contributed by atoms with Gasteiger partial charge in [0.25, 0.3) is 5.91 Å². The van der Waals surface area contributed by atoms with E-state index >= 15 is 0 Å². The number of aromatic nitrogens is 2. The minimum atomic E-state index is -4.53. The molecule has 0 spiro atoms. The van der Waals surface area contributed by atoms with E-state index in [9.17, 15) is 18.0 Å². The molecule has 180 valence electrons. The van der Waals surface area contributed by atoms with Crippen molar-refractivity contribution in [1.29, 1.82) is 0 Å². The van der Waals surface area contributed by atoms with Gasteiger partial charge in [0.15, 0.2) is 23.2 Å². The zero-order valence-corrected chi connectivity index (χ0v) is 19.3. The SMILES string of the molecule is CC(C)(C)CC(C)(C)NC(=O)c1cc2n(n1)[C@H](C(F)(F)F)C[C@@H](c1ccc3c(c1)OCO3)N2. The van der Waals surface area contributed by atoms with E-state index in [0.29, 0.717) is 23.5 Å². The Morgan fingerprint density at radius 1 is 1.15 bits per heavy atom. The highest BCUT2D eigenvalue weighted by atomic mass is 19.4. The van der Waals surface area contributed by atoms with Crippen LogP contribution in [-0.4, -0.2) is 34.2 Å². The minimum absolute atomic E-state index is 0.0367. The van der Waals surface area contributed by atoms with Crippen LogP contribution in [0.5, 0.6) is 11.5 Å². The average Bonchev–Trinajstić information content (AvgIpc) is 3.29. The van der Waals surface area contributed by atoms with Crippen molar-refractivity contribution in [3.8, 4) is 11.5 Å². The number of carbonyl (C=O) groups excluding carboxylic acids is 1. The molecule has 0 unspecified atom stereocenters. The van der Waals surface area contributed by atoms with Crippen molar-refractivity contribution in [2.45, 2.75) is 71.3 Å².